The first-order valence-corrected chi connectivity index (χ1v) is 8.81. The van der Waals surface area contributed by atoms with E-state index in [0.29, 0.717) is 19.3 Å². The summed E-state index contributed by atoms with van der Waals surface area (Å²) < 4.78 is 7.57. The Bertz CT molecular complexity index is 606. The van der Waals surface area contributed by atoms with E-state index in [1.165, 1.54) is 39.8 Å². The van der Waals surface area contributed by atoms with Crippen LogP contribution in [0.1, 0.15) is 43.6 Å². The third-order valence-corrected chi connectivity index (χ3v) is 6.22. The van der Waals surface area contributed by atoms with Gasteiger partial charge in [0.25, 0.3) is 0 Å². The molecule has 2 aromatic rings. The van der Waals surface area contributed by atoms with Crippen molar-refractivity contribution in [2.45, 2.75) is 52.4 Å². The molecule has 1 heterocycles. The van der Waals surface area contributed by atoms with Gasteiger partial charge in [-0.15, -0.1) is 11.3 Å². The van der Waals surface area contributed by atoms with Crippen molar-refractivity contribution in [3.8, 4) is 0 Å². The standard InChI is InChI=1S/C18H25NOS/c1-12-7-8-14(9-13(12)2)20-11-16-15-5-3-4-6-17(15)21-18(16)10-19/h3-6,12-14H,7-11,19H2,1-2H3. The average Bonchev–Trinajstić information content (AvgIpc) is 2.86. The Morgan fingerprint density at radius 2 is 2.00 bits per heavy atom. The van der Waals surface area contributed by atoms with Crippen LogP contribution >= 0.6 is 11.3 Å². The number of nitrogens with two attached hydrogens (primary N) is 1. The number of hydrogen-bond acceptors (Lipinski definition) is 3. The van der Waals surface area contributed by atoms with Crippen molar-refractivity contribution in [3.63, 3.8) is 0 Å². The summed E-state index contributed by atoms with van der Waals surface area (Å²) in [5.74, 6) is 1.61. The summed E-state index contributed by atoms with van der Waals surface area (Å²) in [6.07, 6.45) is 4.10. The lowest BCUT2D eigenvalue weighted by molar-refractivity contribution is -0.00711. The Morgan fingerprint density at radius 3 is 2.76 bits per heavy atom. The SMILES string of the molecule is CC1CCC(OCc2c(CN)sc3ccccc23)CC1C. The van der Waals surface area contributed by atoms with E-state index in [0.717, 1.165) is 11.8 Å². The largest absolute Gasteiger partial charge is 0.373 e. The van der Waals surface area contributed by atoms with Gasteiger partial charge < -0.3 is 10.5 Å². The summed E-state index contributed by atoms with van der Waals surface area (Å²) in [5, 5.41) is 1.32. The number of benzene rings is 1. The topological polar surface area (TPSA) is 35.2 Å². The molecule has 1 aliphatic carbocycles. The lowest BCUT2D eigenvalue weighted by atomic mass is 9.80. The first-order valence-electron chi connectivity index (χ1n) is 8.00. The predicted molar refractivity (Wildman–Crippen MR) is 90.5 cm³/mol. The highest BCUT2D eigenvalue weighted by Crippen LogP contribution is 2.34. The normalized spacial score (nSPS) is 26.3. The van der Waals surface area contributed by atoms with Gasteiger partial charge in [0.05, 0.1) is 12.7 Å². The van der Waals surface area contributed by atoms with Crippen LogP contribution in [-0.4, -0.2) is 6.10 Å². The fraction of sp³-hybridized carbons (Fsp3) is 0.556. The van der Waals surface area contributed by atoms with Crippen LogP contribution in [0.3, 0.4) is 0 Å². The van der Waals surface area contributed by atoms with E-state index >= 15 is 0 Å². The van der Waals surface area contributed by atoms with Gasteiger partial charge in [0, 0.05) is 21.7 Å². The summed E-state index contributed by atoms with van der Waals surface area (Å²) in [4.78, 5) is 1.27. The van der Waals surface area contributed by atoms with Crippen molar-refractivity contribution in [2.75, 3.05) is 0 Å². The quantitative estimate of drug-likeness (QED) is 0.888. The Labute approximate surface area is 131 Å². The van der Waals surface area contributed by atoms with Gasteiger partial charge in [0.2, 0.25) is 0 Å². The highest BCUT2D eigenvalue weighted by Gasteiger charge is 2.25. The minimum atomic E-state index is 0.417. The summed E-state index contributed by atoms with van der Waals surface area (Å²) >= 11 is 1.81. The van der Waals surface area contributed by atoms with Gasteiger partial charge in [-0.2, -0.15) is 0 Å². The van der Waals surface area contributed by atoms with Crippen molar-refractivity contribution in [1.82, 2.24) is 0 Å². The van der Waals surface area contributed by atoms with Crippen LogP contribution in [0.25, 0.3) is 10.1 Å². The second-order valence-corrected chi connectivity index (χ2v) is 7.54. The molecule has 0 aliphatic heterocycles. The van der Waals surface area contributed by atoms with E-state index < -0.39 is 0 Å². The Morgan fingerprint density at radius 1 is 1.19 bits per heavy atom. The van der Waals surface area contributed by atoms with Crippen molar-refractivity contribution >= 4 is 21.4 Å². The molecule has 114 valence electrons. The molecule has 1 aromatic heterocycles. The molecule has 0 saturated heterocycles. The van der Waals surface area contributed by atoms with E-state index in [4.69, 9.17) is 10.5 Å². The second kappa shape index (κ2) is 6.47. The third kappa shape index (κ3) is 3.15. The highest BCUT2D eigenvalue weighted by atomic mass is 32.1. The van der Waals surface area contributed by atoms with Gasteiger partial charge in [-0.25, -0.2) is 0 Å². The van der Waals surface area contributed by atoms with Crippen LogP contribution < -0.4 is 5.73 Å². The lowest BCUT2D eigenvalue weighted by Gasteiger charge is -2.32. The van der Waals surface area contributed by atoms with Gasteiger partial charge in [-0.3, -0.25) is 0 Å². The molecule has 2 nitrogen and oxygen atoms in total. The van der Waals surface area contributed by atoms with Crippen LogP contribution in [-0.2, 0) is 17.9 Å². The zero-order chi connectivity index (χ0) is 14.8. The van der Waals surface area contributed by atoms with E-state index in [9.17, 15) is 0 Å². The van der Waals surface area contributed by atoms with Gasteiger partial charge in [-0.05, 0) is 42.6 Å². The summed E-state index contributed by atoms with van der Waals surface area (Å²) in [6, 6.07) is 8.56. The highest BCUT2D eigenvalue weighted by molar-refractivity contribution is 7.19. The molecule has 21 heavy (non-hydrogen) atoms. The molecule has 0 spiro atoms. The smallest absolute Gasteiger partial charge is 0.0738 e. The van der Waals surface area contributed by atoms with Crippen molar-refractivity contribution in [1.29, 1.82) is 0 Å². The molecule has 3 unspecified atom stereocenters. The van der Waals surface area contributed by atoms with Gasteiger partial charge in [0.1, 0.15) is 0 Å². The molecular formula is C18H25NOS. The molecule has 1 aromatic carbocycles. The molecule has 1 saturated carbocycles. The summed E-state index contributed by atoms with van der Waals surface area (Å²) in [6.45, 7) is 6.03. The first-order chi connectivity index (χ1) is 10.2. The molecule has 1 aliphatic rings. The average molecular weight is 303 g/mol. The monoisotopic (exact) mass is 303 g/mol. The number of hydrogen-bond donors (Lipinski definition) is 1. The zero-order valence-electron chi connectivity index (χ0n) is 13.0. The minimum absolute atomic E-state index is 0.417. The maximum atomic E-state index is 6.25. The molecular weight excluding hydrogens is 278 g/mol. The van der Waals surface area contributed by atoms with E-state index in [1.54, 1.807) is 11.3 Å². The Balaban J connectivity index is 1.73. The minimum Gasteiger partial charge on any atom is -0.373 e. The number of ether oxygens (including phenoxy) is 1. The summed E-state index contributed by atoms with van der Waals surface area (Å²) in [7, 11) is 0. The molecule has 0 bridgehead atoms. The molecule has 0 amide bonds. The molecule has 0 radical (unpaired) electrons. The molecule has 1 fully saturated rings. The van der Waals surface area contributed by atoms with E-state index in [-0.39, 0.29) is 0 Å². The molecule has 3 atom stereocenters. The summed E-state index contributed by atoms with van der Waals surface area (Å²) in [5.41, 5.74) is 7.23. The fourth-order valence-electron chi connectivity index (χ4n) is 3.32. The van der Waals surface area contributed by atoms with Crippen molar-refractivity contribution in [3.05, 3.63) is 34.7 Å². The van der Waals surface area contributed by atoms with Gasteiger partial charge in [0.15, 0.2) is 0 Å². The maximum Gasteiger partial charge on any atom is 0.0738 e. The molecule has 3 heteroatoms. The number of fused-ring (bicyclic) bond motifs is 1. The lowest BCUT2D eigenvalue weighted by Crippen LogP contribution is -2.26. The van der Waals surface area contributed by atoms with Crippen LogP contribution in [0.5, 0.6) is 0 Å². The van der Waals surface area contributed by atoms with Crippen molar-refractivity contribution in [2.24, 2.45) is 17.6 Å². The van der Waals surface area contributed by atoms with Crippen LogP contribution in [0.2, 0.25) is 0 Å². The second-order valence-electron chi connectivity index (χ2n) is 6.40. The van der Waals surface area contributed by atoms with Crippen LogP contribution in [0, 0.1) is 11.8 Å². The number of thiophene rings is 1. The molecule has 2 N–H and O–H groups in total. The van der Waals surface area contributed by atoms with Crippen molar-refractivity contribution < 1.29 is 4.74 Å². The predicted octanol–water partition coefficient (Wildman–Crippen LogP) is 4.70. The Kier molecular flexibility index (Phi) is 4.63. The zero-order valence-corrected chi connectivity index (χ0v) is 13.8. The van der Waals surface area contributed by atoms with Gasteiger partial charge >= 0.3 is 0 Å². The van der Waals surface area contributed by atoms with Gasteiger partial charge in [-0.1, -0.05) is 32.0 Å². The fourth-order valence-corrected chi connectivity index (χ4v) is 4.41. The Hall–Kier alpha value is -0.900. The molecule has 3 rings (SSSR count). The van der Waals surface area contributed by atoms with E-state index in [1.807, 2.05) is 0 Å². The first kappa shape index (κ1) is 15.0. The van der Waals surface area contributed by atoms with Crippen LogP contribution in [0.15, 0.2) is 24.3 Å². The van der Waals surface area contributed by atoms with Crippen LogP contribution in [0.4, 0.5) is 0 Å². The maximum absolute atomic E-state index is 6.25. The number of rotatable bonds is 4. The third-order valence-electron chi connectivity index (χ3n) is 4.98. The van der Waals surface area contributed by atoms with E-state index in [2.05, 4.69) is 38.1 Å².